The monoisotopic (exact) mass is 389 g/mol. The molecular formula is C20H23NO3S2. The van der Waals surface area contributed by atoms with Crippen LogP contribution in [-0.4, -0.2) is 31.6 Å². The minimum Gasteiger partial charge on any atom is -0.294 e. The number of rotatable bonds is 6. The molecule has 0 bridgehead atoms. The van der Waals surface area contributed by atoms with Crippen molar-refractivity contribution >= 4 is 27.1 Å². The third kappa shape index (κ3) is 3.77. The molecule has 0 N–H and O–H groups in total. The van der Waals surface area contributed by atoms with Gasteiger partial charge in [0, 0.05) is 29.4 Å². The van der Waals surface area contributed by atoms with Crippen LogP contribution in [0.3, 0.4) is 0 Å². The van der Waals surface area contributed by atoms with Gasteiger partial charge in [-0.25, -0.2) is 8.42 Å². The van der Waals surface area contributed by atoms with Gasteiger partial charge in [-0.3, -0.25) is 4.79 Å². The van der Waals surface area contributed by atoms with Crippen molar-refractivity contribution in [1.29, 1.82) is 0 Å². The van der Waals surface area contributed by atoms with Crippen molar-refractivity contribution in [3.05, 3.63) is 52.2 Å². The largest absolute Gasteiger partial charge is 0.294 e. The Hall–Kier alpha value is -1.50. The van der Waals surface area contributed by atoms with Crippen LogP contribution in [0.1, 0.15) is 40.9 Å². The number of hydrogen-bond donors (Lipinski definition) is 0. The van der Waals surface area contributed by atoms with Gasteiger partial charge in [0.05, 0.1) is 4.90 Å². The summed E-state index contributed by atoms with van der Waals surface area (Å²) >= 11 is 1.77. The number of benzene rings is 1. The lowest BCUT2D eigenvalue weighted by atomic mass is 9.94. The minimum atomic E-state index is -3.47. The molecule has 4 rings (SSSR count). The number of nitrogens with zero attached hydrogens (tertiary/aromatic N) is 1. The first-order chi connectivity index (χ1) is 12.5. The van der Waals surface area contributed by atoms with Crippen LogP contribution in [0.5, 0.6) is 0 Å². The Morgan fingerprint density at radius 2 is 1.73 bits per heavy atom. The molecule has 1 aliphatic heterocycles. The topological polar surface area (TPSA) is 54.5 Å². The predicted octanol–water partition coefficient (Wildman–Crippen LogP) is 3.98. The van der Waals surface area contributed by atoms with E-state index in [2.05, 4.69) is 17.5 Å². The van der Waals surface area contributed by atoms with E-state index in [9.17, 15) is 13.2 Å². The fourth-order valence-electron chi connectivity index (χ4n) is 3.59. The van der Waals surface area contributed by atoms with Gasteiger partial charge < -0.3 is 0 Å². The fraction of sp³-hybridized carbons (Fsp3) is 0.450. The molecule has 138 valence electrons. The highest BCUT2D eigenvalue weighted by molar-refractivity contribution is 7.89. The molecule has 4 nitrogen and oxygen atoms in total. The second-order valence-electron chi connectivity index (χ2n) is 7.29. The van der Waals surface area contributed by atoms with Crippen LogP contribution in [0.15, 0.2) is 46.7 Å². The average Bonchev–Trinajstić information content (AvgIpc) is 3.39. The van der Waals surface area contributed by atoms with E-state index in [4.69, 9.17) is 0 Å². The molecule has 0 amide bonds. The Morgan fingerprint density at radius 1 is 1.04 bits per heavy atom. The third-order valence-corrected chi connectivity index (χ3v) is 8.18. The highest BCUT2D eigenvalue weighted by Crippen LogP contribution is 2.33. The third-order valence-electron chi connectivity index (χ3n) is 5.37. The van der Waals surface area contributed by atoms with Crippen molar-refractivity contribution in [1.82, 2.24) is 4.31 Å². The van der Waals surface area contributed by atoms with Gasteiger partial charge in [0.25, 0.3) is 0 Å². The van der Waals surface area contributed by atoms with Crippen LogP contribution in [0.2, 0.25) is 0 Å². The predicted molar refractivity (Wildman–Crippen MR) is 103 cm³/mol. The van der Waals surface area contributed by atoms with Crippen LogP contribution in [0.25, 0.3) is 0 Å². The van der Waals surface area contributed by atoms with Gasteiger partial charge in [0.15, 0.2) is 5.78 Å². The van der Waals surface area contributed by atoms with Gasteiger partial charge in [0.2, 0.25) is 10.0 Å². The van der Waals surface area contributed by atoms with Gasteiger partial charge in [-0.15, -0.1) is 11.3 Å². The lowest BCUT2D eigenvalue weighted by molar-refractivity contribution is 0.0967. The summed E-state index contributed by atoms with van der Waals surface area (Å²) in [5, 5.41) is 2.09. The molecule has 0 atom stereocenters. The van der Waals surface area contributed by atoms with Crippen LogP contribution < -0.4 is 0 Å². The zero-order chi connectivity index (χ0) is 18.1. The van der Waals surface area contributed by atoms with Gasteiger partial charge in [-0.05, 0) is 61.6 Å². The maximum Gasteiger partial charge on any atom is 0.243 e. The van der Waals surface area contributed by atoms with Gasteiger partial charge in [-0.2, -0.15) is 4.31 Å². The lowest BCUT2D eigenvalue weighted by Gasteiger charge is -2.31. The van der Waals surface area contributed by atoms with Gasteiger partial charge >= 0.3 is 0 Å². The van der Waals surface area contributed by atoms with E-state index < -0.39 is 10.0 Å². The standard InChI is InChI=1S/C20H23NO3S2/c22-20(16-3-4-16)17-5-7-19(8-6-17)26(23,24)21-11-9-15(10-12-21)14-18-2-1-13-25-18/h1-2,5-8,13,15-16H,3-4,9-12,14H2. The maximum absolute atomic E-state index is 12.9. The number of ketones is 1. The second-order valence-corrected chi connectivity index (χ2v) is 10.3. The highest BCUT2D eigenvalue weighted by atomic mass is 32.2. The maximum atomic E-state index is 12.9. The van der Waals surface area contributed by atoms with Crippen LogP contribution in [0, 0.1) is 11.8 Å². The summed E-state index contributed by atoms with van der Waals surface area (Å²) in [5.74, 6) is 0.849. The summed E-state index contributed by atoms with van der Waals surface area (Å²) in [6.45, 7) is 1.14. The average molecular weight is 390 g/mol. The van der Waals surface area contributed by atoms with Crippen LogP contribution >= 0.6 is 11.3 Å². The van der Waals surface area contributed by atoms with Crippen molar-refractivity contribution in [3.8, 4) is 0 Å². The summed E-state index contributed by atoms with van der Waals surface area (Å²) in [6, 6.07) is 10.7. The lowest BCUT2D eigenvalue weighted by Crippen LogP contribution is -2.38. The van der Waals surface area contributed by atoms with E-state index in [1.807, 2.05) is 0 Å². The Labute approximate surface area is 158 Å². The zero-order valence-corrected chi connectivity index (χ0v) is 16.3. The smallest absolute Gasteiger partial charge is 0.243 e. The molecule has 1 saturated carbocycles. The zero-order valence-electron chi connectivity index (χ0n) is 14.6. The number of thiophene rings is 1. The SMILES string of the molecule is O=C(c1ccc(S(=O)(=O)N2CCC(Cc3cccs3)CC2)cc1)C1CC1. The normalized spacial score (nSPS) is 19.5. The Balaban J connectivity index is 1.39. The molecule has 6 heteroatoms. The van der Waals surface area contributed by atoms with Crippen molar-refractivity contribution < 1.29 is 13.2 Å². The number of carbonyl (C=O) groups excluding carboxylic acids is 1. The Kier molecular flexibility index (Phi) is 4.99. The van der Waals surface area contributed by atoms with Gasteiger partial charge in [0.1, 0.15) is 0 Å². The molecular weight excluding hydrogens is 366 g/mol. The van der Waals surface area contributed by atoms with E-state index >= 15 is 0 Å². The number of hydrogen-bond acceptors (Lipinski definition) is 4. The number of sulfonamides is 1. The first-order valence-corrected chi connectivity index (χ1v) is 11.5. The Morgan fingerprint density at radius 3 is 2.31 bits per heavy atom. The molecule has 0 radical (unpaired) electrons. The number of piperidine rings is 1. The number of Topliss-reactive ketones (excluding diaryl/α,β-unsaturated/α-hetero) is 1. The van der Waals surface area contributed by atoms with Crippen molar-refractivity contribution in [3.63, 3.8) is 0 Å². The molecule has 2 aromatic rings. The summed E-state index contributed by atoms with van der Waals surface area (Å²) in [7, 11) is -3.47. The summed E-state index contributed by atoms with van der Waals surface area (Å²) in [5.41, 5.74) is 0.626. The Bertz CT molecular complexity index is 860. The molecule has 1 aliphatic carbocycles. The van der Waals surface area contributed by atoms with E-state index in [0.29, 0.717) is 29.5 Å². The highest BCUT2D eigenvalue weighted by Gasteiger charge is 2.32. The van der Waals surface area contributed by atoms with Crippen molar-refractivity contribution in [2.24, 2.45) is 11.8 Å². The summed E-state index contributed by atoms with van der Waals surface area (Å²) in [6.07, 6.45) is 4.76. The van der Waals surface area contributed by atoms with E-state index in [1.165, 1.54) is 4.88 Å². The molecule has 0 unspecified atom stereocenters. The molecule has 1 aromatic carbocycles. The quantitative estimate of drug-likeness (QED) is 0.702. The first-order valence-electron chi connectivity index (χ1n) is 9.21. The molecule has 1 aromatic heterocycles. The van der Waals surface area contributed by atoms with Gasteiger partial charge in [-0.1, -0.05) is 18.2 Å². The number of carbonyl (C=O) groups is 1. The summed E-state index contributed by atoms with van der Waals surface area (Å²) in [4.78, 5) is 13.7. The summed E-state index contributed by atoms with van der Waals surface area (Å²) < 4.78 is 27.4. The molecule has 26 heavy (non-hydrogen) atoms. The van der Waals surface area contributed by atoms with Crippen molar-refractivity contribution in [2.75, 3.05) is 13.1 Å². The minimum absolute atomic E-state index is 0.142. The van der Waals surface area contributed by atoms with Crippen LogP contribution in [-0.2, 0) is 16.4 Å². The molecule has 0 spiro atoms. The molecule has 2 aliphatic rings. The second kappa shape index (κ2) is 7.25. The van der Waals surface area contributed by atoms with E-state index in [1.54, 1.807) is 39.9 Å². The molecule has 1 saturated heterocycles. The first kappa shape index (κ1) is 17.9. The fourth-order valence-corrected chi connectivity index (χ4v) is 5.88. The van der Waals surface area contributed by atoms with Crippen molar-refractivity contribution in [2.45, 2.75) is 37.0 Å². The van der Waals surface area contributed by atoms with Crippen LogP contribution in [0.4, 0.5) is 0 Å². The molecule has 2 fully saturated rings. The molecule has 2 heterocycles. The van der Waals surface area contributed by atoms with E-state index in [-0.39, 0.29) is 11.7 Å². The van der Waals surface area contributed by atoms with E-state index in [0.717, 1.165) is 32.1 Å².